The smallest absolute Gasteiger partial charge is 0.234 e. The SMILES string of the molecule is CCCCC1CN(CC(=O)NCC(O)CC)Cc2ccccc2O1. The Labute approximate surface area is 145 Å². The van der Waals surface area contributed by atoms with Crippen molar-refractivity contribution in [3.05, 3.63) is 29.8 Å². The standard InChI is InChI=1S/C19H30N2O3/c1-3-5-9-17-13-21(14-19(23)20-11-16(22)4-2)12-15-8-6-7-10-18(15)24-17/h6-8,10,16-17,22H,3-5,9,11-14H2,1-2H3,(H,20,23). The van der Waals surface area contributed by atoms with E-state index in [0.29, 0.717) is 26.1 Å². The number of carbonyl (C=O) groups excluding carboxylic acids is 1. The van der Waals surface area contributed by atoms with Crippen LogP contribution in [-0.4, -0.2) is 47.8 Å². The van der Waals surface area contributed by atoms with Gasteiger partial charge in [0.15, 0.2) is 0 Å². The highest BCUT2D eigenvalue weighted by molar-refractivity contribution is 5.78. The van der Waals surface area contributed by atoms with E-state index in [1.54, 1.807) is 0 Å². The fourth-order valence-electron chi connectivity index (χ4n) is 2.90. The van der Waals surface area contributed by atoms with Gasteiger partial charge in [-0.1, -0.05) is 38.5 Å². The lowest BCUT2D eigenvalue weighted by molar-refractivity contribution is -0.123. The summed E-state index contributed by atoms with van der Waals surface area (Å²) in [4.78, 5) is 14.3. The second kappa shape index (κ2) is 9.64. The van der Waals surface area contributed by atoms with Crippen LogP contribution in [0.2, 0.25) is 0 Å². The number of para-hydroxylation sites is 1. The molecule has 2 unspecified atom stereocenters. The summed E-state index contributed by atoms with van der Waals surface area (Å²) in [5.41, 5.74) is 1.12. The molecule has 2 N–H and O–H groups in total. The van der Waals surface area contributed by atoms with E-state index in [9.17, 15) is 9.90 Å². The molecule has 0 spiro atoms. The molecule has 0 saturated heterocycles. The molecule has 0 radical (unpaired) electrons. The number of aliphatic hydroxyl groups excluding tert-OH is 1. The Bertz CT molecular complexity index is 521. The number of amides is 1. The monoisotopic (exact) mass is 334 g/mol. The number of benzene rings is 1. The first-order chi connectivity index (χ1) is 11.6. The summed E-state index contributed by atoms with van der Waals surface area (Å²) in [7, 11) is 0. The molecule has 2 atom stereocenters. The van der Waals surface area contributed by atoms with Crippen LogP contribution >= 0.6 is 0 Å². The van der Waals surface area contributed by atoms with E-state index in [1.165, 1.54) is 0 Å². The molecule has 5 nitrogen and oxygen atoms in total. The van der Waals surface area contributed by atoms with Crippen LogP contribution in [0.4, 0.5) is 0 Å². The van der Waals surface area contributed by atoms with E-state index in [1.807, 2.05) is 25.1 Å². The van der Waals surface area contributed by atoms with Gasteiger partial charge in [0.25, 0.3) is 0 Å². The molecule has 24 heavy (non-hydrogen) atoms. The molecule has 5 heteroatoms. The third kappa shape index (κ3) is 5.80. The van der Waals surface area contributed by atoms with Gasteiger partial charge in [0.2, 0.25) is 5.91 Å². The van der Waals surface area contributed by atoms with Gasteiger partial charge in [-0.2, -0.15) is 0 Å². The van der Waals surface area contributed by atoms with E-state index in [4.69, 9.17) is 4.74 Å². The number of rotatable bonds is 8. The minimum Gasteiger partial charge on any atom is -0.489 e. The van der Waals surface area contributed by atoms with Gasteiger partial charge in [-0.25, -0.2) is 0 Å². The number of fused-ring (bicyclic) bond motifs is 1. The highest BCUT2D eigenvalue weighted by Gasteiger charge is 2.23. The quantitative estimate of drug-likeness (QED) is 0.766. The zero-order valence-electron chi connectivity index (χ0n) is 14.8. The zero-order valence-corrected chi connectivity index (χ0v) is 14.8. The minimum absolute atomic E-state index is 0.0453. The maximum absolute atomic E-state index is 12.2. The number of nitrogens with one attached hydrogen (secondary N) is 1. The normalized spacial score (nSPS) is 19.0. The van der Waals surface area contributed by atoms with Crippen molar-refractivity contribution >= 4 is 5.91 Å². The van der Waals surface area contributed by atoms with Crippen LogP contribution in [0.3, 0.4) is 0 Å². The van der Waals surface area contributed by atoms with Crippen molar-refractivity contribution in [1.29, 1.82) is 0 Å². The van der Waals surface area contributed by atoms with Crippen molar-refractivity contribution < 1.29 is 14.6 Å². The lowest BCUT2D eigenvalue weighted by Gasteiger charge is -2.23. The summed E-state index contributed by atoms with van der Waals surface area (Å²) < 4.78 is 6.17. The first-order valence-electron chi connectivity index (χ1n) is 9.04. The molecule has 2 rings (SSSR count). The largest absolute Gasteiger partial charge is 0.489 e. The first kappa shape index (κ1) is 18.7. The van der Waals surface area contributed by atoms with Crippen LogP contribution in [0.1, 0.15) is 45.1 Å². The minimum atomic E-state index is -0.473. The third-order valence-electron chi connectivity index (χ3n) is 4.37. The van der Waals surface area contributed by atoms with Gasteiger partial charge in [-0.15, -0.1) is 0 Å². The van der Waals surface area contributed by atoms with Crippen molar-refractivity contribution in [3.8, 4) is 5.75 Å². The highest BCUT2D eigenvalue weighted by Crippen LogP contribution is 2.26. The number of hydrogen-bond donors (Lipinski definition) is 2. The Balaban J connectivity index is 1.98. The summed E-state index contributed by atoms with van der Waals surface area (Å²) >= 11 is 0. The average Bonchev–Trinajstić information content (AvgIpc) is 2.76. The van der Waals surface area contributed by atoms with E-state index in [2.05, 4.69) is 23.2 Å². The van der Waals surface area contributed by atoms with Gasteiger partial charge in [0.1, 0.15) is 11.9 Å². The first-order valence-corrected chi connectivity index (χ1v) is 9.04. The van der Waals surface area contributed by atoms with Crippen LogP contribution < -0.4 is 10.1 Å². The van der Waals surface area contributed by atoms with Crippen molar-refractivity contribution in [2.45, 2.75) is 58.3 Å². The molecule has 0 saturated carbocycles. The number of aliphatic hydroxyl groups is 1. The maximum atomic E-state index is 12.2. The van der Waals surface area contributed by atoms with Gasteiger partial charge < -0.3 is 15.2 Å². The Morgan fingerprint density at radius 1 is 1.42 bits per heavy atom. The van der Waals surface area contributed by atoms with Gasteiger partial charge >= 0.3 is 0 Å². The maximum Gasteiger partial charge on any atom is 0.234 e. The number of carbonyl (C=O) groups is 1. The van der Waals surface area contributed by atoms with Crippen LogP contribution in [0.5, 0.6) is 5.75 Å². The van der Waals surface area contributed by atoms with Gasteiger partial charge in [-0.05, 0) is 25.3 Å². The van der Waals surface area contributed by atoms with Crippen LogP contribution in [0.25, 0.3) is 0 Å². The van der Waals surface area contributed by atoms with Gasteiger partial charge in [-0.3, -0.25) is 9.69 Å². The molecule has 1 aliphatic rings. The molecule has 0 bridgehead atoms. The van der Waals surface area contributed by atoms with Gasteiger partial charge in [0, 0.05) is 25.2 Å². The average molecular weight is 334 g/mol. The van der Waals surface area contributed by atoms with Crippen molar-refractivity contribution in [3.63, 3.8) is 0 Å². The molecular weight excluding hydrogens is 304 g/mol. The molecule has 134 valence electrons. The molecule has 0 aliphatic carbocycles. The Morgan fingerprint density at radius 2 is 2.21 bits per heavy atom. The van der Waals surface area contributed by atoms with Crippen LogP contribution in [-0.2, 0) is 11.3 Å². The summed E-state index contributed by atoms with van der Waals surface area (Å²) in [5, 5.41) is 12.4. The summed E-state index contributed by atoms with van der Waals surface area (Å²) in [5.74, 6) is 0.888. The number of hydrogen-bond acceptors (Lipinski definition) is 4. The summed E-state index contributed by atoms with van der Waals surface area (Å²) in [6.45, 7) is 6.18. The Kier molecular flexibility index (Phi) is 7.53. The predicted octanol–water partition coefficient (Wildman–Crippen LogP) is 2.33. The van der Waals surface area contributed by atoms with Crippen LogP contribution in [0, 0.1) is 0 Å². The van der Waals surface area contributed by atoms with Crippen molar-refractivity contribution in [2.24, 2.45) is 0 Å². The topological polar surface area (TPSA) is 61.8 Å². The van der Waals surface area contributed by atoms with Gasteiger partial charge in [0.05, 0.1) is 12.6 Å². The molecule has 1 amide bonds. The second-order valence-corrected chi connectivity index (χ2v) is 6.53. The number of nitrogens with zero attached hydrogens (tertiary/aromatic N) is 1. The number of unbranched alkanes of at least 4 members (excludes halogenated alkanes) is 1. The van der Waals surface area contributed by atoms with Crippen molar-refractivity contribution in [1.82, 2.24) is 10.2 Å². The van der Waals surface area contributed by atoms with Crippen LogP contribution in [0.15, 0.2) is 24.3 Å². The second-order valence-electron chi connectivity index (χ2n) is 6.53. The third-order valence-corrected chi connectivity index (χ3v) is 4.37. The summed E-state index contributed by atoms with van der Waals surface area (Å²) in [6.07, 6.45) is 3.54. The number of ether oxygens (including phenoxy) is 1. The Morgan fingerprint density at radius 3 is 2.96 bits per heavy atom. The fraction of sp³-hybridized carbons (Fsp3) is 0.632. The predicted molar refractivity (Wildman–Crippen MR) is 95.0 cm³/mol. The molecule has 0 aromatic heterocycles. The Hall–Kier alpha value is -1.59. The van der Waals surface area contributed by atoms with E-state index < -0.39 is 6.10 Å². The molecular formula is C19H30N2O3. The summed E-state index contributed by atoms with van der Waals surface area (Å²) in [6, 6.07) is 8.06. The molecule has 1 aromatic carbocycles. The lowest BCUT2D eigenvalue weighted by Crippen LogP contribution is -2.42. The van der Waals surface area contributed by atoms with E-state index in [0.717, 1.165) is 37.1 Å². The van der Waals surface area contributed by atoms with E-state index in [-0.39, 0.29) is 12.0 Å². The highest BCUT2D eigenvalue weighted by atomic mass is 16.5. The molecule has 1 aromatic rings. The lowest BCUT2D eigenvalue weighted by atomic mass is 10.1. The molecule has 1 aliphatic heterocycles. The fourth-order valence-corrected chi connectivity index (χ4v) is 2.90. The van der Waals surface area contributed by atoms with E-state index >= 15 is 0 Å². The van der Waals surface area contributed by atoms with Crippen molar-refractivity contribution in [2.75, 3.05) is 19.6 Å². The zero-order chi connectivity index (χ0) is 17.4. The molecule has 0 fully saturated rings. The molecule has 1 heterocycles.